The Hall–Kier alpha value is -1.06. The van der Waals surface area contributed by atoms with Gasteiger partial charge in [-0.3, -0.25) is 9.59 Å². The van der Waals surface area contributed by atoms with E-state index in [-0.39, 0.29) is 12.3 Å². The molecule has 0 aromatic carbocycles. The molecule has 4 heteroatoms. The highest BCUT2D eigenvalue weighted by atomic mass is 16.4. The molecule has 1 saturated carbocycles. The summed E-state index contributed by atoms with van der Waals surface area (Å²) in [6.07, 6.45) is 6.44. The summed E-state index contributed by atoms with van der Waals surface area (Å²) in [7, 11) is 0. The van der Waals surface area contributed by atoms with Crippen LogP contribution in [-0.2, 0) is 9.59 Å². The zero-order valence-electron chi connectivity index (χ0n) is 9.52. The van der Waals surface area contributed by atoms with Gasteiger partial charge in [0.15, 0.2) is 0 Å². The Morgan fingerprint density at radius 2 is 2.06 bits per heavy atom. The van der Waals surface area contributed by atoms with Crippen LogP contribution in [-0.4, -0.2) is 35.0 Å². The maximum Gasteiger partial charge on any atom is 0.308 e. The standard InChI is InChI=1S/C12H19NO3/c14-11-7-10(12(15)16)8-13(11)6-5-9-3-1-2-4-9/h9-10H,1-8H2,(H,15,16). The second kappa shape index (κ2) is 4.85. The average molecular weight is 225 g/mol. The number of amides is 1. The Kier molecular flexibility index (Phi) is 3.46. The molecule has 1 unspecified atom stereocenters. The first-order valence-corrected chi connectivity index (χ1v) is 6.17. The van der Waals surface area contributed by atoms with Crippen molar-refractivity contribution in [2.24, 2.45) is 11.8 Å². The molecule has 2 rings (SSSR count). The quantitative estimate of drug-likeness (QED) is 0.788. The normalized spacial score (nSPS) is 26.6. The summed E-state index contributed by atoms with van der Waals surface area (Å²) in [4.78, 5) is 24.1. The lowest BCUT2D eigenvalue weighted by molar-refractivity contribution is -0.141. The summed E-state index contributed by atoms with van der Waals surface area (Å²) >= 11 is 0. The van der Waals surface area contributed by atoms with E-state index in [1.807, 2.05) is 0 Å². The van der Waals surface area contributed by atoms with Crippen molar-refractivity contribution in [3.05, 3.63) is 0 Å². The highest BCUT2D eigenvalue weighted by Gasteiger charge is 2.34. The summed E-state index contributed by atoms with van der Waals surface area (Å²) in [6.45, 7) is 1.17. The average Bonchev–Trinajstić information content (AvgIpc) is 2.84. The number of hydrogen-bond acceptors (Lipinski definition) is 2. The summed E-state index contributed by atoms with van der Waals surface area (Å²) in [6, 6.07) is 0. The molecular formula is C12H19NO3. The van der Waals surface area contributed by atoms with E-state index in [9.17, 15) is 9.59 Å². The Morgan fingerprint density at radius 3 is 2.62 bits per heavy atom. The van der Waals surface area contributed by atoms with Crippen LogP contribution in [0.15, 0.2) is 0 Å². The fourth-order valence-electron chi connectivity index (χ4n) is 2.79. The van der Waals surface area contributed by atoms with Gasteiger partial charge in [-0.05, 0) is 12.3 Å². The van der Waals surface area contributed by atoms with Crippen molar-refractivity contribution in [3.8, 4) is 0 Å². The van der Waals surface area contributed by atoms with Crippen molar-refractivity contribution < 1.29 is 14.7 Å². The number of carboxylic acid groups (broad SMARTS) is 1. The van der Waals surface area contributed by atoms with Gasteiger partial charge in [-0.15, -0.1) is 0 Å². The van der Waals surface area contributed by atoms with E-state index >= 15 is 0 Å². The minimum atomic E-state index is -0.836. The summed E-state index contributed by atoms with van der Waals surface area (Å²) in [5.74, 6) is -0.533. The molecule has 2 fully saturated rings. The molecule has 0 spiro atoms. The van der Waals surface area contributed by atoms with Crippen LogP contribution in [0, 0.1) is 11.8 Å². The molecule has 1 aliphatic heterocycles. The van der Waals surface area contributed by atoms with Crippen molar-refractivity contribution in [2.75, 3.05) is 13.1 Å². The molecule has 0 radical (unpaired) electrons. The number of rotatable bonds is 4. The van der Waals surface area contributed by atoms with E-state index < -0.39 is 11.9 Å². The van der Waals surface area contributed by atoms with Crippen molar-refractivity contribution in [3.63, 3.8) is 0 Å². The SMILES string of the molecule is O=C(O)C1CC(=O)N(CCC2CCCC2)C1. The van der Waals surface area contributed by atoms with E-state index in [4.69, 9.17) is 5.11 Å². The molecule has 1 heterocycles. The van der Waals surface area contributed by atoms with Crippen LogP contribution >= 0.6 is 0 Å². The minimum Gasteiger partial charge on any atom is -0.481 e. The van der Waals surface area contributed by atoms with E-state index in [2.05, 4.69) is 0 Å². The molecule has 2 aliphatic rings. The first-order valence-electron chi connectivity index (χ1n) is 6.17. The van der Waals surface area contributed by atoms with E-state index in [1.165, 1.54) is 25.7 Å². The smallest absolute Gasteiger partial charge is 0.308 e. The zero-order chi connectivity index (χ0) is 11.5. The zero-order valence-corrected chi connectivity index (χ0v) is 9.52. The van der Waals surface area contributed by atoms with E-state index in [1.54, 1.807) is 4.90 Å². The predicted octanol–water partition coefficient (Wildman–Crippen LogP) is 1.50. The van der Waals surface area contributed by atoms with Gasteiger partial charge in [0.1, 0.15) is 0 Å². The van der Waals surface area contributed by atoms with Crippen LogP contribution in [0.1, 0.15) is 38.5 Å². The molecule has 1 atom stereocenters. The number of nitrogens with zero attached hydrogens (tertiary/aromatic N) is 1. The van der Waals surface area contributed by atoms with Gasteiger partial charge in [0.05, 0.1) is 5.92 Å². The van der Waals surface area contributed by atoms with Crippen LogP contribution < -0.4 is 0 Å². The fraction of sp³-hybridized carbons (Fsp3) is 0.833. The number of likely N-dealkylation sites (tertiary alicyclic amines) is 1. The van der Waals surface area contributed by atoms with Crippen LogP contribution in [0.4, 0.5) is 0 Å². The van der Waals surface area contributed by atoms with E-state index in [0.29, 0.717) is 6.54 Å². The Morgan fingerprint density at radius 1 is 1.38 bits per heavy atom. The number of carbonyl (C=O) groups is 2. The molecule has 4 nitrogen and oxygen atoms in total. The highest BCUT2D eigenvalue weighted by Crippen LogP contribution is 2.28. The van der Waals surface area contributed by atoms with Crippen LogP contribution in [0.5, 0.6) is 0 Å². The summed E-state index contributed by atoms with van der Waals surface area (Å²) in [5, 5.41) is 8.85. The van der Waals surface area contributed by atoms with Crippen molar-refractivity contribution in [2.45, 2.75) is 38.5 Å². The molecule has 1 saturated heterocycles. The Bertz CT molecular complexity index is 284. The largest absolute Gasteiger partial charge is 0.481 e. The molecule has 90 valence electrons. The molecule has 1 amide bonds. The number of hydrogen-bond donors (Lipinski definition) is 1. The topological polar surface area (TPSA) is 57.6 Å². The Balaban J connectivity index is 1.77. The molecular weight excluding hydrogens is 206 g/mol. The highest BCUT2D eigenvalue weighted by molar-refractivity contribution is 5.86. The van der Waals surface area contributed by atoms with Crippen LogP contribution in [0.3, 0.4) is 0 Å². The van der Waals surface area contributed by atoms with E-state index in [0.717, 1.165) is 18.9 Å². The third kappa shape index (κ3) is 2.54. The van der Waals surface area contributed by atoms with Gasteiger partial charge >= 0.3 is 5.97 Å². The van der Waals surface area contributed by atoms with Gasteiger partial charge in [0.25, 0.3) is 0 Å². The third-order valence-corrected chi connectivity index (χ3v) is 3.85. The maximum absolute atomic E-state index is 11.6. The molecule has 1 aliphatic carbocycles. The van der Waals surface area contributed by atoms with Gasteiger partial charge in [-0.25, -0.2) is 0 Å². The third-order valence-electron chi connectivity index (χ3n) is 3.85. The second-order valence-electron chi connectivity index (χ2n) is 5.02. The number of carbonyl (C=O) groups excluding carboxylic acids is 1. The monoisotopic (exact) mass is 225 g/mol. The predicted molar refractivity (Wildman–Crippen MR) is 58.9 cm³/mol. The van der Waals surface area contributed by atoms with Gasteiger partial charge in [0, 0.05) is 19.5 Å². The lowest BCUT2D eigenvalue weighted by Crippen LogP contribution is -2.28. The summed E-state index contributed by atoms with van der Waals surface area (Å²) < 4.78 is 0. The second-order valence-corrected chi connectivity index (χ2v) is 5.02. The fourth-order valence-corrected chi connectivity index (χ4v) is 2.79. The van der Waals surface area contributed by atoms with Gasteiger partial charge < -0.3 is 10.0 Å². The lowest BCUT2D eigenvalue weighted by atomic mass is 10.0. The molecule has 0 bridgehead atoms. The van der Waals surface area contributed by atoms with Gasteiger partial charge in [0.2, 0.25) is 5.91 Å². The molecule has 0 aromatic heterocycles. The van der Waals surface area contributed by atoms with Crippen molar-refractivity contribution in [1.82, 2.24) is 4.90 Å². The van der Waals surface area contributed by atoms with Gasteiger partial charge in [-0.2, -0.15) is 0 Å². The van der Waals surface area contributed by atoms with Crippen LogP contribution in [0.2, 0.25) is 0 Å². The number of carboxylic acids is 1. The Labute approximate surface area is 95.6 Å². The molecule has 16 heavy (non-hydrogen) atoms. The minimum absolute atomic E-state index is 0.0189. The maximum atomic E-state index is 11.6. The first-order chi connectivity index (χ1) is 7.66. The molecule has 1 N–H and O–H groups in total. The molecule has 0 aromatic rings. The lowest BCUT2D eigenvalue weighted by Gasteiger charge is -2.18. The van der Waals surface area contributed by atoms with Gasteiger partial charge in [-0.1, -0.05) is 25.7 Å². The first kappa shape index (κ1) is 11.4. The van der Waals surface area contributed by atoms with Crippen molar-refractivity contribution in [1.29, 1.82) is 0 Å². The number of aliphatic carboxylic acids is 1. The van der Waals surface area contributed by atoms with Crippen molar-refractivity contribution >= 4 is 11.9 Å². The summed E-state index contributed by atoms with van der Waals surface area (Å²) in [5.41, 5.74) is 0. The van der Waals surface area contributed by atoms with Crippen LogP contribution in [0.25, 0.3) is 0 Å².